The number of hydrogen-bond acceptors (Lipinski definition) is 4. The summed E-state index contributed by atoms with van der Waals surface area (Å²) in [6.07, 6.45) is 9.55. The number of esters is 1. The molecular formula is C34H58O4. The molecule has 0 spiro atoms. The Labute approximate surface area is 234 Å². The minimum absolute atomic E-state index is 0.0726. The van der Waals surface area contributed by atoms with Gasteiger partial charge in [-0.3, -0.25) is 14.4 Å². The van der Waals surface area contributed by atoms with E-state index in [0.717, 1.165) is 51.4 Å². The van der Waals surface area contributed by atoms with Crippen molar-refractivity contribution in [3.63, 3.8) is 0 Å². The van der Waals surface area contributed by atoms with E-state index in [1.54, 1.807) is 6.92 Å². The number of carbonyl (C=O) groups excluding carboxylic acids is 3. The number of ether oxygens (including phenoxy) is 1. The lowest BCUT2D eigenvalue weighted by Gasteiger charge is -2.67. The Morgan fingerprint density at radius 3 is 1.95 bits per heavy atom. The third kappa shape index (κ3) is 5.31. The number of methoxy groups -OCH3 is 1. The minimum Gasteiger partial charge on any atom is -0.469 e. The largest absolute Gasteiger partial charge is 0.469 e. The van der Waals surface area contributed by atoms with Crippen molar-refractivity contribution in [2.75, 3.05) is 7.11 Å². The number of hydrogen-bond donors (Lipinski definition) is 0. The summed E-state index contributed by atoms with van der Waals surface area (Å²) in [5.74, 6) is 0.287. The van der Waals surface area contributed by atoms with Crippen LogP contribution < -0.4 is 0 Å². The summed E-state index contributed by atoms with van der Waals surface area (Å²) >= 11 is 0. The van der Waals surface area contributed by atoms with Gasteiger partial charge in [0.05, 0.1) is 12.5 Å². The molecule has 2 saturated carbocycles. The molecule has 0 unspecified atom stereocenters. The summed E-state index contributed by atoms with van der Waals surface area (Å²) in [6, 6.07) is 0. The van der Waals surface area contributed by atoms with Crippen molar-refractivity contribution < 1.29 is 19.1 Å². The first-order chi connectivity index (χ1) is 17.1. The standard InChI is InChI=1S/C34H58O4/c1-14-28(3,4)17-19-31(9,27(37)38-13)20-18-29(5,6)32(10)21-22-34(12)30(7,8)26(36)15-16-33(34,11)25(32)23-24(2)35/h23H,14-22H2,1-13H3/b25-23+/t31-,32+,33+,34-/m0/s1. The molecule has 0 aromatic carbocycles. The molecule has 2 aliphatic rings. The highest BCUT2D eigenvalue weighted by atomic mass is 16.5. The molecule has 2 fully saturated rings. The van der Waals surface area contributed by atoms with E-state index in [0.29, 0.717) is 12.2 Å². The SMILES string of the molecule is CCC(C)(C)CC[C@@](C)(CCC(C)(C)[C@]1(C)CC[C@@]2(C)C(C)(C)C(=O)CC[C@]2(C)/C1=C/C(C)=O)C(=O)OC. The van der Waals surface area contributed by atoms with E-state index in [4.69, 9.17) is 4.74 Å². The molecule has 0 aromatic rings. The van der Waals surface area contributed by atoms with Crippen molar-refractivity contribution >= 4 is 17.5 Å². The van der Waals surface area contributed by atoms with Gasteiger partial charge in [-0.15, -0.1) is 0 Å². The highest BCUT2D eigenvalue weighted by Crippen LogP contribution is 2.73. The minimum atomic E-state index is -0.550. The molecule has 38 heavy (non-hydrogen) atoms. The fourth-order valence-corrected chi connectivity index (χ4v) is 7.67. The van der Waals surface area contributed by atoms with Crippen LogP contribution in [0.25, 0.3) is 0 Å². The van der Waals surface area contributed by atoms with E-state index in [-0.39, 0.29) is 38.8 Å². The first-order valence-electron chi connectivity index (χ1n) is 14.9. The second-order valence-corrected chi connectivity index (χ2v) is 15.7. The van der Waals surface area contributed by atoms with Gasteiger partial charge in [0.15, 0.2) is 5.78 Å². The van der Waals surface area contributed by atoms with Crippen LogP contribution in [0.2, 0.25) is 0 Å². The van der Waals surface area contributed by atoms with Crippen LogP contribution in [0.1, 0.15) is 141 Å². The van der Waals surface area contributed by atoms with Gasteiger partial charge >= 0.3 is 5.97 Å². The van der Waals surface area contributed by atoms with Crippen LogP contribution in [0.4, 0.5) is 0 Å². The van der Waals surface area contributed by atoms with E-state index < -0.39 is 10.8 Å². The molecule has 0 aliphatic heterocycles. The van der Waals surface area contributed by atoms with Crippen molar-refractivity contribution in [1.82, 2.24) is 0 Å². The predicted molar refractivity (Wildman–Crippen MR) is 157 cm³/mol. The van der Waals surface area contributed by atoms with E-state index in [1.165, 1.54) is 12.7 Å². The van der Waals surface area contributed by atoms with Crippen molar-refractivity contribution in [3.8, 4) is 0 Å². The van der Waals surface area contributed by atoms with Gasteiger partial charge in [-0.2, -0.15) is 0 Å². The van der Waals surface area contributed by atoms with Gasteiger partial charge in [-0.05, 0) is 91.9 Å². The van der Waals surface area contributed by atoms with E-state index in [2.05, 4.69) is 76.2 Å². The van der Waals surface area contributed by atoms with Crippen molar-refractivity contribution in [3.05, 3.63) is 11.6 Å². The van der Waals surface area contributed by atoms with Crippen LogP contribution in [0, 0.1) is 37.9 Å². The maximum atomic E-state index is 13.1. The summed E-state index contributed by atoms with van der Waals surface area (Å²) in [5, 5.41) is 0. The Morgan fingerprint density at radius 1 is 0.895 bits per heavy atom. The summed E-state index contributed by atoms with van der Waals surface area (Å²) in [5.41, 5.74) is -0.480. The van der Waals surface area contributed by atoms with Crippen molar-refractivity contribution in [2.45, 2.75) is 141 Å². The monoisotopic (exact) mass is 530 g/mol. The van der Waals surface area contributed by atoms with Crippen LogP contribution in [-0.2, 0) is 19.1 Å². The summed E-state index contributed by atoms with van der Waals surface area (Å²) in [4.78, 5) is 39.0. The number of ketones is 2. The van der Waals surface area contributed by atoms with Crippen molar-refractivity contribution in [1.29, 1.82) is 0 Å². The van der Waals surface area contributed by atoms with Gasteiger partial charge in [-0.1, -0.05) is 81.2 Å². The zero-order chi connectivity index (χ0) is 29.6. The van der Waals surface area contributed by atoms with Crippen LogP contribution in [0.3, 0.4) is 0 Å². The van der Waals surface area contributed by atoms with Gasteiger partial charge < -0.3 is 4.74 Å². The highest BCUT2D eigenvalue weighted by Gasteiger charge is 2.66. The smallest absolute Gasteiger partial charge is 0.311 e. The number of rotatable bonds is 10. The molecule has 0 bridgehead atoms. The van der Waals surface area contributed by atoms with E-state index >= 15 is 0 Å². The Kier molecular flexibility index (Phi) is 9.06. The molecule has 4 atom stereocenters. The molecule has 2 aliphatic carbocycles. The average Bonchev–Trinajstić information content (AvgIpc) is 2.83. The molecule has 218 valence electrons. The summed E-state index contributed by atoms with van der Waals surface area (Å²) in [7, 11) is 1.50. The lowest BCUT2D eigenvalue weighted by atomic mass is 9.36. The number of carbonyl (C=O) groups is 3. The first-order valence-corrected chi connectivity index (χ1v) is 14.9. The number of fused-ring (bicyclic) bond motifs is 1. The third-order valence-corrected chi connectivity index (χ3v) is 12.6. The van der Waals surface area contributed by atoms with Gasteiger partial charge in [0.1, 0.15) is 5.78 Å². The van der Waals surface area contributed by atoms with Gasteiger partial charge in [-0.25, -0.2) is 0 Å². The maximum absolute atomic E-state index is 13.1. The molecule has 0 aromatic heterocycles. The maximum Gasteiger partial charge on any atom is 0.311 e. The summed E-state index contributed by atoms with van der Waals surface area (Å²) in [6.45, 7) is 26.3. The Bertz CT molecular complexity index is 969. The predicted octanol–water partition coefficient (Wildman–Crippen LogP) is 8.91. The lowest BCUT2D eigenvalue weighted by molar-refractivity contribution is -0.162. The first kappa shape index (κ1) is 32.8. The molecule has 4 nitrogen and oxygen atoms in total. The lowest BCUT2D eigenvalue weighted by Crippen LogP contribution is -2.62. The van der Waals surface area contributed by atoms with Gasteiger partial charge in [0.2, 0.25) is 0 Å². The average molecular weight is 531 g/mol. The molecule has 0 radical (unpaired) electrons. The highest BCUT2D eigenvalue weighted by molar-refractivity contribution is 5.90. The van der Waals surface area contributed by atoms with E-state index in [9.17, 15) is 14.4 Å². The quantitative estimate of drug-likeness (QED) is 0.209. The molecule has 0 N–H and O–H groups in total. The zero-order valence-electron chi connectivity index (χ0n) is 27.1. The molecule has 0 amide bonds. The normalized spacial score (nSPS) is 32.4. The molecular weight excluding hydrogens is 472 g/mol. The Morgan fingerprint density at radius 2 is 1.45 bits per heavy atom. The third-order valence-electron chi connectivity index (χ3n) is 12.6. The van der Waals surface area contributed by atoms with E-state index in [1.807, 2.05) is 6.08 Å². The van der Waals surface area contributed by atoms with Crippen LogP contribution in [-0.4, -0.2) is 24.6 Å². The van der Waals surface area contributed by atoms with Gasteiger partial charge in [0.25, 0.3) is 0 Å². The summed E-state index contributed by atoms with van der Waals surface area (Å²) < 4.78 is 5.33. The zero-order valence-corrected chi connectivity index (χ0v) is 27.1. The Hall–Kier alpha value is -1.45. The second kappa shape index (κ2) is 10.5. The molecule has 2 rings (SSSR count). The second-order valence-electron chi connectivity index (χ2n) is 15.7. The van der Waals surface area contributed by atoms with Crippen LogP contribution in [0.15, 0.2) is 11.6 Å². The molecule has 0 saturated heterocycles. The molecule has 0 heterocycles. The topological polar surface area (TPSA) is 60.4 Å². The molecule has 4 heteroatoms. The Balaban J connectivity index is 2.51. The number of Topliss-reactive ketones (excluding diaryl/α,β-unsaturated/α-hetero) is 1. The number of allylic oxidation sites excluding steroid dienone is 2. The fourth-order valence-electron chi connectivity index (χ4n) is 7.67. The van der Waals surface area contributed by atoms with Crippen LogP contribution in [0.5, 0.6) is 0 Å². The van der Waals surface area contributed by atoms with Crippen LogP contribution >= 0.6 is 0 Å². The van der Waals surface area contributed by atoms with Crippen molar-refractivity contribution in [2.24, 2.45) is 37.9 Å². The fraction of sp³-hybridized carbons (Fsp3) is 0.853. The van der Waals surface area contributed by atoms with Gasteiger partial charge in [0, 0.05) is 11.8 Å².